The predicted molar refractivity (Wildman–Crippen MR) is 82.7 cm³/mol. The smallest absolute Gasteiger partial charge is 0.315 e. The van der Waals surface area contributed by atoms with Crippen molar-refractivity contribution >= 4 is 6.03 Å². The van der Waals surface area contributed by atoms with Gasteiger partial charge in [-0.1, -0.05) is 24.3 Å². The molecule has 122 valence electrons. The number of carbonyl (C=O) groups excluding carboxylic acids is 1. The second-order valence-corrected chi connectivity index (χ2v) is 5.21. The molecule has 0 spiro atoms. The molecule has 4 nitrogen and oxygen atoms in total. The fraction of sp³-hybridized carbons (Fsp3) is 0.235. The number of carbonyl (C=O) groups is 1. The molecule has 0 saturated carbocycles. The molecule has 2 aromatic carbocycles. The molecule has 2 rings (SSSR count). The van der Waals surface area contributed by atoms with Crippen LogP contribution in [0.1, 0.15) is 22.8 Å². The van der Waals surface area contributed by atoms with E-state index in [0.717, 1.165) is 0 Å². The second kappa shape index (κ2) is 7.69. The number of rotatable bonds is 5. The molecule has 0 radical (unpaired) electrons. The molecule has 2 aromatic rings. The summed E-state index contributed by atoms with van der Waals surface area (Å²) in [6, 6.07) is 9.64. The molecule has 2 amide bonds. The van der Waals surface area contributed by atoms with Gasteiger partial charge in [-0.25, -0.2) is 13.6 Å². The summed E-state index contributed by atoms with van der Waals surface area (Å²) in [7, 11) is 0. The van der Waals surface area contributed by atoms with E-state index in [1.807, 2.05) is 0 Å². The molecule has 0 saturated heterocycles. The summed E-state index contributed by atoms with van der Waals surface area (Å²) in [5.74, 6) is -0.714. The highest BCUT2D eigenvalue weighted by Crippen LogP contribution is 2.12. The molecule has 1 unspecified atom stereocenters. The standard InChI is InChI=1S/C17H18F2N2O2/c1-11-2-3-12(8-15(11)19)9-20-17(23)21-10-16(22)13-4-6-14(18)7-5-13/h2-8,16,22H,9-10H2,1H3,(H2,20,21,23). The van der Waals surface area contributed by atoms with E-state index in [9.17, 15) is 18.7 Å². The SMILES string of the molecule is Cc1ccc(CNC(=O)NCC(O)c2ccc(F)cc2)cc1F. The quantitative estimate of drug-likeness (QED) is 0.793. The first-order valence-electron chi connectivity index (χ1n) is 7.16. The van der Waals surface area contributed by atoms with Crippen molar-refractivity contribution in [3.05, 3.63) is 70.8 Å². The molecule has 0 fully saturated rings. The molecule has 0 aliphatic rings. The number of hydrogen-bond donors (Lipinski definition) is 3. The first kappa shape index (κ1) is 16.9. The van der Waals surface area contributed by atoms with Crippen LogP contribution >= 0.6 is 0 Å². The van der Waals surface area contributed by atoms with Crippen molar-refractivity contribution < 1.29 is 18.7 Å². The summed E-state index contributed by atoms with van der Waals surface area (Å²) in [6.07, 6.45) is -0.932. The van der Waals surface area contributed by atoms with Crippen molar-refractivity contribution in [3.8, 4) is 0 Å². The predicted octanol–water partition coefficient (Wildman–Crippen LogP) is 2.81. The average molecular weight is 320 g/mol. The summed E-state index contributed by atoms with van der Waals surface area (Å²) in [6.45, 7) is 1.82. The first-order chi connectivity index (χ1) is 11.0. The lowest BCUT2D eigenvalue weighted by Gasteiger charge is -2.13. The number of benzene rings is 2. The third kappa shape index (κ3) is 5.03. The highest BCUT2D eigenvalue weighted by atomic mass is 19.1. The van der Waals surface area contributed by atoms with Crippen LogP contribution in [-0.4, -0.2) is 17.7 Å². The van der Waals surface area contributed by atoms with Gasteiger partial charge < -0.3 is 15.7 Å². The Hall–Kier alpha value is -2.47. The van der Waals surface area contributed by atoms with Crippen LogP contribution in [0.5, 0.6) is 0 Å². The fourth-order valence-corrected chi connectivity index (χ4v) is 1.98. The van der Waals surface area contributed by atoms with Crippen LogP contribution in [0.2, 0.25) is 0 Å². The van der Waals surface area contributed by atoms with Gasteiger partial charge in [0.1, 0.15) is 11.6 Å². The molecule has 0 aliphatic carbocycles. The Labute approximate surface area is 133 Å². The van der Waals surface area contributed by atoms with Crippen molar-refractivity contribution in [2.75, 3.05) is 6.54 Å². The van der Waals surface area contributed by atoms with E-state index in [2.05, 4.69) is 10.6 Å². The zero-order valence-corrected chi connectivity index (χ0v) is 12.6. The van der Waals surface area contributed by atoms with Crippen LogP contribution in [-0.2, 0) is 6.54 Å². The number of halogens is 2. The van der Waals surface area contributed by atoms with E-state index in [0.29, 0.717) is 16.7 Å². The molecular formula is C17H18F2N2O2. The monoisotopic (exact) mass is 320 g/mol. The number of amides is 2. The number of urea groups is 1. The van der Waals surface area contributed by atoms with Crippen molar-refractivity contribution in [3.63, 3.8) is 0 Å². The molecule has 3 N–H and O–H groups in total. The van der Waals surface area contributed by atoms with E-state index in [1.165, 1.54) is 30.3 Å². The Balaban J connectivity index is 1.78. The van der Waals surface area contributed by atoms with Gasteiger partial charge >= 0.3 is 6.03 Å². The van der Waals surface area contributed by atoms with Gasteiger partial charge in [-0.15, -0.1) is 0 Å². The zero-order valence-electron chi connectivity index (χ0n) is 12.6. The summed E-state index contributed by atoms with van der Waals surface area (Å²) >= 11 is 0. The van der Waals surface area contributed by atoms with Crippen LogP contribution in [0.4, 0.5) is 13.6 Å². The maximum absolute atomic E-state index is 13.4. The average Bonchev–Trinajstić information content (AvgIpc) is 2.54. The Bertz CT molecular complexity index is 675. The number of hydrogen-bond acceptors (Lipinski definition) is 2. The fourth-order valence-electron chi connectivity index (χ4n) is 1.98. The van der Waals surface area contributed by atoms with E-state index < -0.39 is 18.0 Å². The zero-order chi connectivity index (χ0) is 16.8. The highest BCUT2D eigenvalue weighted by molar-refractivity contribution is 5.73. The maximum atomic E-state index is 13.4. The maximum Gasteiger partial charge on any atom is 0.315 e. The number of aryl methyl sites for hydroxylation is 1. The second-order valence-electron chi connectivity index (χ2n) is 5.21. The van der Waals surface area contributed by atoms with Gasteiger partial charge in [-0.3, -0.25) is 0 Å². The molecule has 6 heteroatoms. The summed E-state index contributed by atoms with van der Waals surface area (Å²) in [4.78, 5) is 11.7. The summed E-state index contributed by atoms with van der Waals surface area (Å²) < 4.78 is 26.2. The molecule has 0 aromatic heterocycles. The Kier molecular flexibility index (Phi) is 5.65. The number of aliphatic hydroxyl groups is 1. The van der Waals surface area contributed by atoms with Gasteiger partial charge in [-0.2, -0.15) is 0 Å². The van der Waals surface area contributed by atoms with E-state index in [4.69, 9.17) is 0 Å². The largest absolute Gasteiger partial charge is 0.387 e. The lowest BCUT2D eigenvalue weighted by atomic mass is 10.1. The lowest BCUT2D eigenvalue weighted by Crippen LogP contribution is -2.37. The minimum absolute atomic E-state index is 0.0142. The first-order valence-corrected chi connectivity index (χ1v) is 7.16. The van der Waals surface area contributed by atoms with E-state index in [1.54, 1.807) is 19.1 Å². The van der Waals surface area contributed by atoms with Crippen LogP contribution in [0.25, 0.3) is 0 Å². The lowest BCUT2D eigenvalue weighted by molar-refractivity contribution is 0.173. The summed E-state index contributed by atoms with van der Waals surface area (Å²) in [5, 5.41) is 15.0. The molecule has 0 aliphatic heterocycles. The number of aliphatic hydroxyl groups excluding tert-OH is 1. The van der Waals surface area contributed by atoms with Gasteiger partial charge in [0.2, 0.25) is 0 Å². The van der Waals surface area contributed by atoms with Crippen molar-refractivity contribution in [1.29, 1.82) is 0 Å². The minimum Gasteiger partial charge on any atom is -0.387 e. The molecule has 1 atom stereocenters. The Morgan fingerprint density at radius 3 is 2.48 bits per heavy atom. The van der Waals surface area contributed by atoms with E-state index >= 15 is 0 Å². The topological polar surface area (TPSA) is 61.4 Å². The normalized spacial score (nSPS) is 11.8. The van der Waals surface area contributed by atoms with Crippen LogP contribution in [0.15, 0.2) is 42.5 Å². The Morgan fingerprint density at radius 2 is 1.83 bits per heavy atom. The molecule has 23 heavy (non-hydrogen) atoms. The van der Waals surface area contributed by atoms with Crippen LogP contribution < -0.4 is 10.6 Å². The van der Waals surface area contributed by atoms with E-state index in [-0.39, 0.29) is 18.9 Å². The van der Waals surface area contributed by atoms with Gasteiger partial charge in [0.05, 0.1) is 6.10 Å². The Morgan fingerprint density at radius 1 is 1.13 bits per heavy atom. The molecular weight excluding hydrogens is 302 g/mol. The third-order valence-corrected chi connectivity index (χ3v) is 3.40. The third-order valence-electron chi connectivity index (χ3n) is 3.40. The van der Waals surface area contributed by atoms with Crippen LogP contribution in [0.3, 0.4) is 0 Å². The van der Waals surface area contributed by atoms with Crippen molar-refractivity contribution in [1.82, 2.24) is 10.6 Å². The van der Waals surface area contributed by atoms with Gasteiger partial charge in [-0.05, 0) is 41.8 Å². The molecule has 0 bridgehead atoms. The molecule has 0 heterocycles. The number of nitrogens with one attached hydrogen (secondary N) is 2. The van der Waals surface area contributed by atoms with Gasteiger partial charge in [0.15, 0.2) is 0 Å². The van der Waals surface area contributed by atoms with Crippen molar-refractivity contribution in [2.24, 2.45) is 0 Å². The van der Waals surface area contributed by atoms with Crippen molar-refractivity contribution in [2.45, 2.75) is 19.6 Å². The highest BCUT2D eigenvalue weighted by Gasteiger charge is 2.09. The van der Waals surface area contributed by atoms with Gasteiger partial charge in [0.25, 0.3) is 0 Å². The van der Waals surface area contributed by atoms with Crippen LogP contribution in [0, 0.1) is 18.6 Å². The minimum atomic E-state index is -0.932. The summed E-state index contributed by atoms with van der Waals surface area (Å²) in [5.41, 5.74) is 1.69. The van der Waals surface area contributed by atoms with Gasteiger partial charge in [0, 0.05) is 13.1 Å².